The number of hydrogen-bond acceptors (Lipinski definition) is 3. The Bertz CT molecular complexity index is 823. The first-order valence-electron chi connectivity index (χ1n) is 11.8. The summed E-state index contributed by atoms with van der Waals surface area (Å²) in [5, 5.41) is 0. The lowest BCUT2D eigenvalue weighted by Gasteiger charge is -2.29. The van der Waals surface area contributed by atoms with Gasteiger partial charge < -0.3 is 9.47 Å². The molecule has 3 rings (SSSR count). The third-order valence-corrected chi connectivity index (χ3v) is 6.36. The fraction of sp³-hybridized carbons (Fsp3) is 0.519. The number of halogens is 1. The molecule has 0 radical (unpaired) electrons. The van der Waals surface area contributed by atoms with Gasteiger partial charge in [0.2, 0.25) is 0 Å². The van der Waals surface area contributed by atoms with Crippen LogP contribution in [0.25, 0.3) is 11.1 Å². The number of carbonyl (C=O) groups is 1. The molecule has 1 saturated carbocycles. The minimum atomic E-state index is -0.707. The van der Waals surface area contributed by atoms with Crippen LogP contribution in [0.5, 0.6) is 5.75 Å². The van der Waals surface area contributed by atoms with Crippen molar-refractivity contribution in [2.45, 2.75) is 77.6 Å². The third-order valence-electron chi connectivity index (χ3n) is 6.36. The van der Waals surface area contributed by atoms with Gasteiger partial charge in [-0.3, -0.25) is 0 Å². The molecule has 1 fully saturated rings. The average Bonchev–Trinajstić information content (AvgIpc) is 2.79. The van der Waals surface area contributed by atoms with Crippen molar-refractivity contribution in [1.82, 2.24) is 0 Å². The van der Waals surface area contributed by atoms with Crippen molar-refractivity contribution < 1.29 is 18.7 Å². The molecule has 1 aliphatic carbocycles. The van der Waals surface area contributed by atoms with E-state index in [9.17, 15) is 9.18 Å². The number of hydrogen-bond donors (Lipinski definition) is 0. The van der Waals surface area contributed by atoms with Crippen molar-refractivity contribution >= 4 is 6.16 Å². The maximum Gasteiger partial charge on any atom is 0.513 e. The molecule has 2 aromatic carbocycles. The molecule has 0 N–H and O–H groups in total. The number of carbonyl (C=O) groups excluding carboxylic acids is 1. The van der Waals surface area contributed by atoms with Crippen LogP contribution < -0.4 is 4.74 Å². The second-order valence-electron chi connectivity index (χ2n) is 8.68. The van der Waals surface area contributed by atoms with E-state index in [1.807, 2.05) is 13.0 Å². The van der Waals surface area contributed by atoms with Crippen LogP contribution in [0.3, 0.4) is 0 Å². The normalized spacial score (nSPS) is 18.5. The van der Waals surface area contributed by atoms with Crippen LogP contribution in [-0.4, -0.2) is 12.8 Å². The maximum atomic E-state index is 14.9. The van der Waals surface area contributed by atoms with Gasteiger partial charge in [-0.1, -0.05) is 63.8 Å². The van der Waals surface area contributed by atoms with Crippen molar-refractivity contribution in [2.75, 3.05) is 6.61 Å². The van der Waals surface area contributed by atoms with E-state index in [4.69, 9.17) is 9.47 Å². The van der Waals surface area contributed by atoms with Gasteiger partial charge in [0.15, 0.2) is 0 Å². The van der Waals surface area contributed by atoms with Crippen LogP contribution in [-0.2, 0) is 4.74 Å². The molecule has 0 unspecified atom stereocenters. The first-order chi connectivity index (χ1) is 15.1. The Morgan fingerprint density at radius 1 is 0.968 bits per heavy atom. The molecule has 1 aliphatic rings. The first kappa shape index (κ1) is 23.3. The summed E-state index contributed by atoms with van der Waals surface area (Å²) in [6.07, 6.45) is 9.82. The van der Waals surface area contributed by atoms with E-state index >= 15 is 0 Å². The van der Waals surface area contributed by atoms with E-state index in [1.165, 1.54) is 32.1 Å². The Kier molecular flexibility index (Phi) is 8.93. The van der Waals surface area contributed by atoms with E-state index in [-0.39, 0.29) is 5.82 Å². The van der Waals surface area contributed by atoms with Crippen LogP contribution >= 0.6 is 0 Å². The van der Waals surface area contributed by atoms with E-state index in [2.05, 4.69) is 13.0 Å². The van der Waals surface area contributed by atoms with Gasteiger partial charge in [0.05, 0.1) is 6.61 Å². The zero-order valence-corrected chi connectivity index (χ0v) is 18.9. The highest BCUT2D eigenvalue weighted by molar-refractivity contribution is 5.67. The Labute approximate surface area is 186 Å². The predicted octanol–water partition coefficient (Wildman–Crippen LogP) is 8.27. The highest BCUT2D eigenvalue weighted by Gasteiger charge is 2.22. The van der Waals surface area contributed by atoms with E-state index in [0.29, 0.717) is 23.8 Å². The molecule has 0 bridgehead atoms. The van der Waals surface area contributed by atoms with Crippen LogP contribution in [0.1, 0.15) is 83.1 Å². The van der Waals surface area contributed by atoms with Crippen LogP contribution in [0, 0.1) is 11.7 Å². The average molecular weight is 427 g/mol. The van der Waals surface area contributed by atoms with Gasteiger partial charge in [-0.2, -0.15) is 0 Å². The molecule has 0 spiro atoms. The summed E-state index contributed by atoms with van der Waals surface area (Å²) < 4.78 is 25.1. The summed E-state index contributed by atoms with van der Waals surface area (Å²) in [5.41, 5.74) is 2.45. The van der Waals surface area contributed by atoms with Gasteiger partial charge in [0.25, 0.3) is 0 Å². The molecular weight excluding hydrogens is 391 g/mol. The summed E-state index contributed by atoms with van der Waals surface area (Å²) in [5.74, 6) is 1.52. The summed E-state index contributed by atoms with van der Waals surface area (Å²) in [6, 6.07) is 12.5. The highest BCUT2D eigenvalue weighted by atomic mass is 19.1. The Morgan fingerprint density at radius 2 is 1.68 bits per heavy atom. The fourth-order valence-electron chi connectivity index (χ4n) is 4.42. The number of unbranched alkanes of at least 4 members (excludes halogenated alkanes) is 2. The molecule has 0 saturated heterocycles. The van der Waals surface area contributed by atoms with Crippen LogP contribution in [0.2, 0.25) is 0 Å². The largest absolute Gasteiger partial charge is 0.513 e. The lowest BCUT2D eigenvalue weighted by atomic mass is 9.77. The second kappa shape index (κ2) is 11.9. The molecular formula is C27H35FO3. The Hall–Kier alpha value is -2.36. The number of benzene rings is 2. The van der Waals surface area contributed by atoms with Crippen molar-refractivity contribution in [3.8, 4) is 16.9 Å². The van der Waals surface area contributed by atoms with Crippen molar-refractivity contribution in [3.63, 3.8) is 0 Å². The number of rotatable bonds is 9. The Morgan fingerprint density at radius 3 is 2.32 bits per heavy atom. The first-order valence-corrected chi connectivity index (χ1v) is 11.8. The van der Waals surface area contributed by atoms with Crippen LogP contribution in [0.4, 0.5) is 9.18 Å². The lowest BCUT2D eigenvalue weighted by Crippen LogP contribution is -2.13. The minimum Gasteiger partial charge on any atom is -0.434 e. The summed E-state index contributed by atoms with van der Waals surface area (Å²) in [6.45, 7) is 4.63. The lowest BCUT2D eigenvalue weighted by molar-refractivity contribution is 0.0978. The summed E-state index contributed by atoms with van der Waals surface area (Å²) in [7, 11) is 0. The molecule has 2 aromatic rings. The van der Waals surface area contributed by atoms with E-state index in [1.54, 1.807) is 30.3 Å². The standard InChI is InChI=1S/C27H35FO3/c1-3-5-7-20-8-10-21(11-9-20)23-14-17-25(26(28)19-23)22-12-15-24(16-13-22)31-27(29)30-18-6-4-2/h12-17,19-21H,3-11,18H2,1-2H3. The summed E-state index contributed by atoms with van der Waals surface area (Å²) >= 11 is 0. The minimum absolute atomic E-state index is 0.196. The van der Waals surface area contributed by atoms with E-state index in [0.717, 1.165) is 42.7 Å². The smallest absolute Gasteiger partial charge is 0.434 e. The molecule has 3 nitrogen and oxygen atoms in total. The van der Waals surface area contributed by atoms with E-state index < -0.39 is 6.16 Å². The molecule has 31 heavy (non-hydrogen) atoms. The van der Waals surface area contributed by atoms with Crippen molar-refractivity contribution in [3.05, 3.63) is 53.8 Å². The number of ether oxygens (including phenoxy) is 2. The monoisotopic (exact) mass is 426 g/mol. The fourth-order valence-corrected chi connectivity index (χ4v) is 4.42. The van der Waals surface area contributed by atoms with Gasteiger partial charge in [-0.05, 0) is 73.3 Å². The van der Waals surface area contributed by atoms with Crippen molar-refractivity contribution in [2.24, 2.45) is 5.92 Å². The van der Waals surface area contributed by atoms with Gasteiger partial charge in [-0.25, -0.2) is 9.18 Å². The molecule has 0 aliphatic heterocycles. The zero-order chi connectivity index (χ0) is 22.1. The maximum absolute atomic E-state index is 14.9. The Balaban J connectivity index is 1.58. The molecule has 0 amide bonds. The van der Waals surface area contributed by atoms with Gasteiger partial charge >= 0.3 is 6.16 Å². The molecule has 0 aromatic heterocycles. The highest BCUT2D eigenvalue weighted by Crippen LogP contribution is 2.38. The van der Waals surface area contributed by atoms with Gasteiger partial charge in [-0.15, -0.1) is 0 Å². The van der Waals surface area contributed by atoms with Crippen molar-refractivity contribution in [1.29, 1.82) is 0 Å². The second-order valence-corrected chi connectivity index (χ2v) is 8.68. The molecule has 168 valence electrons. The SMILES string of the molecule is CCCCOC(=O)Oc1ccc(-c2ccc(C3CCC(CCCC)CC3)cc2F)cc1. The molecule has 4 heteroatoms. The van der Waals surface area contributed by atoms with Gasteiger partial charge in [0, 0.05) is 5.56 Å². The van der Waals surface area contributed by atoms with Crippen LogP contribution in [0.15, 0.2) is 42.5 Å². The quantitative estimate of drug-likeness (QED) is 0.230. The summed E-state index contributed by atoms with van der Waals surface area (Å²) in [4.78, 5) is 11.7. The topological polar surface area (TPSA) is 35.5 Å². The molecule has 0 heterocycles. The zero-order valence-electron chi connectivity index (χ0n) is 18.9. The third kappa shape index (κ3) is 6.81. The molecule has 0 atom stereocenters. The predicted molar refractivity (Wildman–Crippen MR) is 123 cm³/mol. The van der Waals surface area contributed by atoms with Gasteiger partial charge in [0.1, 0.15) is 11.6 Å².